The van der Waals surface area contributed by atoms with Gasteiger partial charge < -0.3 is 10.6 Å². The van der Waals surface area contributed by atoms with Crippen molar-refractivity contribution in [1.29, 1.82) is 5.26 Å². The highest BCUT2D eigenvalue weighted by Gasteiger charge is 2.17. The maximum atomic E-state index is 11.9. The summed E-state index contributed by atoms with van der Waals surface area (Å²) >= 11 is 5.88. The average molecular weight is 329 g/mol. The van der Waals surface area contributed by atoms with Crippen LogP contribution < -0.4 is 10.6 Å². The van der Waals surface area contributed by atoms with Gasteiger partial charge in [0, 0.05) is 18.1 Å². The minimum absolute atomic E-state index is 0.205. The highest BCUT2D eigenvalue weighted by molar-refractivity contribution is 6.40. The summed E-state index contributed by atoms with van der Waals surface area (Å²) in [6.07, 6.45) is 3.22. The molecular formula is C16H13ClN4O2. The predicted molar refractivity (Wildman–Crippen MR) is 85.6 cm³/mol. The maximum Gasteiger partial charge on any atom is 0.313 e. The van der Waals surface area contributed by atoms with Gasteiger partial charge in [-0.25, -0.2) is 0 Å². The van der Waals surface area contributed by atoms with Crippen molar-refractivity contribution >= 4 is 29.1 Å². The number of nitriles is 1. The van der Waals surface area contributed by atoms with Crippen LogP contribution in [0.5, 0.6) is 0 Å². The highest BCUT2D eigenvalue weighted by Crippen LogP contribution is 2.20. The Morgan fingerprint density at radius 1 is 1.22 bits per heavy atom. The maximum absolute atomic E-state index is 11.9. The van der Waals surface area contributed by atoms with E-state index in [4.69, 9.17) is 16.9 Å². The van der Waals surface area contributed by atoms with Crippen LogP contribution in [0.3, 0.4) is 0 Å². The first-order chi connectivity index (χ1) is 11.0. The fourth-order valence-corrected chi connectivity index (χ4v) is 2.09. The third kappa shape index (κ3) is 4.28. The largest absolute Gasteiger partial charge is 0.341 e. The number of nitrogens with one attached hydrogen (secondary N) is 2. The molecule has 2 amide bonds. The number of benzene rings is 1. The van der Waals surface area contributed by atoms with Gasteiger partial charge in [0.05, 0.1) is 16.6 Å². The Hall–Kier alpha value is -2.91. The number of halogens is 1. The van der Waals surface area contributed by atoms with Crippen LogP contribution in [-0.2, 0) is 9.59 Å². The summed E-state index contributed by atoms with van der Waals surface area (Å²) in [4.78, 5) is 27.7. The predicted octanol–water partition coefficient (Wildman–Crippen LogP) is 2.42. The van der Waals surface area contributed by atoms with Crippen molar-refractivity contribution in [3.05, 3.63) is 58.9 Å². The molecule has 1 aromatic carbocycles. The zero-order chi connectivity index (χ0) is 16.8. The van der Waals surface area contributed by atoms with Crippen LogP contribution in [0.1, 0.15) is 24.1 Å². The molecule has 6 nitrogen and oxygen atoms in total. The van der Waals surface area contributed by atoms with Gasteiger partial charge in [0.2, 0.25) is 0 Å². The number of aromatic nitrogens is 1. The van der Waals surface area contributed by atoms with Crippen LogP contribution in [-0.4, -0.2) is 16.8 Å². The van der Waals surface area contributed by atoms with Crippen molar-refractivity contribution in [1.82, 2.24) is 10.3 Å². The summed E-state index contributed by atoms with van der Waals surface area (Å²) in [6, 6.07) is 9.47. The van der Waals surface area contributed by atoms with Crippen molar-refractivity contribution in [2.24, 2.45) is 0 Å². The number of nitrogens with zero attached hydrogens (tertiary/aromatic N) is 2. The van der Waals surface area contributed by atoms with Crippen LogP contribution in [0, 0.1) is 11.3 Å². The standard InChI is InChI=1S/C16H13ClN4O2/c1-10(11-4-6-19-7-5-11)20-15(22)16(23)21-13-3-2-12(9-18)14(17)8-13/h2-8,10H,1H3,(H,20,22)(H,21,23). The minimum atomic E-state index is -0.813. The second-order valence-corrected chi connectivity index (χ2v) is 5.14. The van der Waals surface area contributed by atoms with Gasteiger partial charge in [-0.3, -0.25) is 14.6 Å². The van der Waals surface area contributed by atoms with Gasteiger partial charge in [-0.05, 0) is 42.8 Å². The Kier molecular flexibility index (Phi) is 5.28. The molecule has 0 spiro atoms. The Bertz CT molecular complexity index is 771. The summed E-state index contributed by atoms with van der Waals surface area (Å²) in [5, 5.41) is 14.0. The smallest absolute Gasteiger partial charge is 0.313 e. The SMILES string of the molecule is CC(NC(=O)C(=O)Nc1ccc(C#N)c(Cl)c1)c1ccncc1. The number of hydrogen-bond acceptors (Lipinski definition) is 4. The van der Waals surface area contributed by atoms with Crippen LogP contribution in [0.15, 0.2) is 42.7 Å². The summed E-state index contributed by atoms with van der Waals surface area (Å²) < 4.78 is 0. The molecule has 0 aliphatic carbocycles. The quantitative estimate of drug-likeness (QED) is 0.846. The molecule has 1 unspecified atom stereocenters. The molecule has 116 valence electrons. The molecule has 2 rings (SSSR count). The minimum Gasteiger partial charge on any atom is -0.341 e. The monoisotopic (exact) mass is 328 g/mol. The molecule has 0 saturated carbocycles. The molecule has 0 aliphatic heterocycles. The molecule has 2 N–H and O–H groups in total. The van der Waals surface area contributed by atoms with Gasteiger partial charge in [-0.1, -0.05) is 11.6 Å². The van der Waals surface area contributed by atoms with E-state index in [9.17, 15) is 9.59 Å². The molecule has 1 aromatic heterocycles. The molecular weight excluding hydrogens is 316 g/mol. The summed E-state index contributed by atoms with van der Waals surface area (Å²) in [5.41, 5.74) is 1.47. The third-order valence-corrected chi connectivity index (χ3v) is 3.42. The van der Waals surface area contributed by atoms with E-state index < -0.39 is 11.8 Å². The van der Waals surface area contributed by atoms with Crippen molar-refractivity contribution in [3.63, 3.8) is 0 Å². The number of anilines is 1. The molecule has 1 heterocycles. The van der Waals surface area contributed by atoms with E-state index in [2.05, 4.69) is 15.6 Å². The van der Waals surface area contributed by atoms with Crippen LogP contribution in [0.25, 0.3) is 0 Å². The normalized spacial score (nSPS) is 11.2. The molecule has 23 heavy (non-hydrogen) atoms. The number of rotatable bonds is 3. The number of hydrogen-bond donors (Lipinski definition) is 2. The third-order valence-electron chi connectivity index (χ3n) is 3.11. The zero-order valence-electron chi connectivity index (χ0n) is 12.2. The fourth-order valence-electron chi connectivity index (χ4n) is 1.87. The van der Waals surface area contributed by atoms with Gasteiger partial charge in [0.15, 0.2) is 0 Å². The lowest BCUT2D eigenvalue weighted by Crippen LogP contribution is -2.36. The first kappa shape index (κ1) is 16.5. The van der Waals surface area contributed by atoms with Gasteiger partial charge in [0.25, 0.3) is 0 Å². The fraction of sp³-hybridized carbons (Fsp3) is 0.125. The van der Waals surface area contributed by atoms with Gasteiger partial charge >= 0.3 is 11.8 Å². The second kappa shape index (κ2) is 7.38. The Morgan fingerprint density at radius 2 is 1.91 bits per heavy atom. The van der Waals surface area contributed by atoms with Gasteiger partial charge in [-0.15, -0.1) is 0 Å². The lowest BCUT2D eigenvalue weighted by atomic mass is 10.1. The van der Waals surface area contributed by atoms with Crippen LogP contribution in [0.2, 0.25) is 5.02 Å². The van der Waals surface area contributed by atoms with Crippen LogP contribution >= 0.6 is 11.6 Å². The number of amides is 2. The van der Waals surface area contributed by atoms with Crippen molar-refractivity contribution in [2.75, 3.05) is 5.32 Å². The highest BCUT2D eigenvalue weighted by atomic mass is 35.5. The second-order valence-electron chi connectivity index (χ2n) is 4.74. The van der Waals surface area contributed by atoms with E-state index in [1.54, 1.807) is 31.5 Å². The molecule has 0 aliphatic rings. The van der Waals surface area contributed by atoms with E-state index in [1.165, 1.54) is 18.2 Å². The molecule has 0 fully saturated rings. The van der Waals surface area contributed by atoms with E-state index in [-0.39, 0.29) is 11.1 Å². The molecule has 2 aromatic rings. The molecule has 0 saturated heterocycles. The number of carbonyl (C=O) groups is 2. The van der Waals surface area contributed by atoms with E-state index in [0.29, 0.717) is 11.3 Å². The van der Waals surface area contributed by atoms with Crippen molar-refractivity contribution in [3.8, 4) is 6.07 Å². The van der Waals surface area contributed by atoms with Gasteiger partial charge in [0.1, 0.15) is 6.07 Å². The van der Waals surface area contributed by atoms with E-state index in [0.717, 1.165) is 5.56 Å². The van der Waals surface area contributed by atoms with E-state index >= 15 is 0 Å². The Balaban J connectivity index is 1.99. The van der Waals surface area contributed by atoms with E-state index in [1.807, 2.05) is 6.07 Å². The Labute approximate surface area is 138 Å². The van der Waals surface area contributed by atoms with Crippen molar-refractivity contribution < 1.29 is 9.59 Å². The average Bonchev–Trinajstić information content (AvgIpc) is 2.55. The first-order valence-corrected chi connectivity index (χ1v) is 7.10. The summed E-state index contributed by atoms with van der Waals surface area (Å²) in [5.74, 6) is -1.58. The molecule has 7 heteroatoms. The zero-order valence-corrected chi connectivity index (χ0v) is 13.0. The van der Waals surface area contributed by atoms with Gasteiger partial charge in [-0.2, -0.15) is 5.26 Å². The first-order valence-electron chi connectivity index (χ1n) is 6.72. The Morgan fingerprint density at radius 3 is 2.52 bits per heavy atom. The summed E-state index contributed by atoms with van der Waals surface area (Å²) in [7, 11) is 0. The lowest BCUT2D eigenvalue weighted by molar-refractivity contribution is -0.136. The number of pyridine rings is 1. The lowest BCUT2D eigenvalue weighted by Gasteiger charge is -2.14. The topological polar surface area (TPSA) is 94.9 Å². The number of carbonyl (C=O) groups excluding carboxylic acids is 2. The van der Waals surface area contributed by atoms with Crippen molar-refractivity contribution in [2.45, 2.75) is 13.0 Å². The molecule has 1 atom stereocenters. The van der Waals surface area contributed by atoms with Crippen LogP contribution in [0.4, 0.5) is 5.69 Å². The molecule has 0 bridgehead atoms. The summed E-state index contributed by atoms with van der Waals surface area (Å²) in [6.45, 7) is 1.76. The molecule has 0 radical (unpaired) electrons.